The number of hydrogen-bond donors (Lipinski definition) is 2. The molecule has 1 unspecified atom stereocenters. The third kappa shape index (κ3) is 4.17. The molecule has 0 fully saturated rings. The van der Waals surface area contributed by atoms with Crippen LogP contribution in [0.25, 0.3) is 0 Å². The van der Waals surface area contributed by atoms with E-state index in [2.05, 4.69) is 12.2 Å². The molecule has 0 spiro atoms. The average Bonchev–Trinajstić information content (AvgIpc) is 2.43. The maximum absolute atomic E-state index is 12.1. The zero-order chi connectivity index (χ0) is 15.4. The minimum absolute atomic E-state index is 0.0546. The van der Waals surface area contributed by atoms with Crippen LogP contribution in [0.5, 0.6) is 0 Å². The zero-order valence-electron chi connectivity index (χ0n) is 12.7. The second-order valence-corrected chi connectivity index (χ2v) is 5.45. The van der Waals surface area contributed by atoms with Crippen molar-refractivity contribution in [2.45, 2.75) is 33.3 Å². The molecule has 0 radical (unpaired) electrons. The second-order valence-electron chi connectivity index (χ2n) is 5.45. The molecule has 110 valence electrons. The molecule has 1 amide bonds. The number of benzene rings is 2. The van der Waals surface area contributed by atoms with E-state index in [-0.39, 0.29) is 5.91 Å². The number of carbonyl (C=O) groups is 1. The maximum atomic E-state index is 12.1. The molecule has 0 aliphatic rings. The fourth-order valence-corrected chi connectivity index (χ4v) is 2.18. The topological polar surface area (TPSA) is 49.3 Å². The molecule has 0 aromatic heterocycles. The Bertz CT molecular complexity index is 647. The summed E-state index contributed by atoms with van der Waals surface area (Å²) >= 11 is 0. The monoisotopic (exact) mass is 283 g/mol. The van der Waals surface area contributed by atoms with Crippen LogP contribution < -0.4 is 5.32 Å². The largest absolute Gasteiger partial charge is 0.389 e. The Morgan fingerprint density at radius 3 is 2.57 bits per heavy atom. The molecule has 2 aromatic carbocycles. The van der Waals surface area contributed by atoms with Crippen LogP contribution in [0, 0.1) is 13.8 Å². The second kappa shape index (κ2) is 6.55. The number of rotatable bonds is 4. The summed E-state index contributed by atoms with van der Waals surface area (Å²) < 4.78 is 0. The van der Waals surface area contributed by atoms with Crippen LogP contribution in [-0.2, 0) is 11.2 Å². The lowest BCUT2D eigenvalue weighted by Gasteiger charge is -2.10. The maximum Gasteiger partial charge on any atom is 0.228 e. The van der Waals surface area contributed by atoms with Crippen molar-refractivity contribution >= 4 is 11.6 Å². The van der Waals surface area contributed by atoms with Crippen LogP contribution in [0.15, 0.2) is 42.5 Å². The standard InChI is InChI=1S/C18H21NO2/c1-12-7-8-15(9-13(12)2)10-18(21)19-17-6-4-5-16(11-17)14(3)20/h4-9,11,14,20H,10H2,1-3H3,(H,19,21). The highest BCUT2D eigenvalue weighted by molar-refractivity contribution is 5.92. The van der Waals surface area contributed by atoms with Crippen molar-refractivity contribution in [1.82, 2.24) is 0 Å². The highest BCUT2D eigenvalue weighted by Crippen LogP contribution is 2.17. The minimum Gasteiger partial charge on any atom is -0.389 e. The smallest absolute Gasteiger partial charge is 0.228 e. The van der Waals surface area contributed by atoms with Gasteiger partial charge in [-0.25, -0.2) is 0 Å². The lowest BCUT2D eigenvalue weighted by atomic mass is 10.0. The van der Waals surface area contributed by atoms with Gasteiger partial charge in [0.25, 0.3) is 0 Å². The first-order valence-corrected chi connectivity index (χ1v) is 7.09. The molecular formula is C18H21NO2. The van der Waals surface area contributed by atoms with Crippen molar-refractivity contribution in [3.05, 3.63) is 64.7 Å². The van der Waals surface area contributed by atoms with E-state index >= 15 is 0 Å². The SMILES string of the molecule is Cc1ccc(CC(=O)Nc2cccc(C(C)O)c2)cc1C. The summed E-state index contributed by atoms with van der Waals surface area (Å²) in [5, 5.41) is 12.4. The van der Waals surface area contributed by atoms with Crippen molar-refractivity contribution < 1.29 is 9.90 Å². The molecule has 2 aromatic rings. The number of carbonyl (C=O) groups excluding carboxylic acids is 1. The van der Waals surface area contributed by atoms with Gasteiger partial charge in [0.15, 0.2) is 0 Å². The van der Waals surface area contributed by atoms with Gasteiger partial charge in [-0.15, -0.1) is 0 Å². The summed E-state index contributed by atoms with van der Waals surface area (Å²) in [5.74, 6) is -0.0546. The van der Waals surface area contributed by atoms with E-state index in [1.54, 1.807) is 13.0 Å². The number of aryl methyl sites for hydroxylation is 2. The predicted molar refractivity (Wildman–Crippen MR) is 85.3 cm³/mol. The van der Waals surface area contributed by atoms with Gasteiger partial charge in [0, 0.05) is 5.69 Å². The van der Waals surface area contributed by atoms with Gasteiger partial charge >= 0.3 is 0 Å². The number of aliphatic hydroxyl groups excluding tert-OH is 1. The number of amides is 1. The quantitative estimate of drug-likeness (QED) is 0.901. The Kier molecular flexibility index (Phi) is 4.76. The highest BCUT2D eigenvalue weighted by atomic mass is 16.3. The molecule has 0 saturated carbocycles. The van der Waals surface area contributed by atoms with Crippen LogP contribution in [0.2, 0.25) is 0 Å². The Morgan fingerprint density at radius 1 is 1.14 bits per heavy atom. The highest BCUT2D eigenvalue weighted by Gasteiger charge is 2.07. The van der Waals surface area contributed by atoms with E-state index < -0.39 is 6.10 Å². The van der Waals surface area contributed by atoms with Crippen molar-refractivity contribution in [2.24, 2.45) is 0 Å². The Morgan fingerprint density at radius 2 is 1.90 bits per heavy atom. The van der Waals surface area contributed by atoms with E-state index in [0.717, 1.165) is 11.1 Å². The van der Waals surface area contributed by atoms with E-state index in [1.165, 1.54) is 11.1 Å². The van der Waals surface area contributed by atoms with Crippen LogP contribution in [0.4, 0.5) is 5.69 Å². The molecule has 0 saturated heterocycles. The van der Waals surface area contributed by atoms with Crippen molar-refractivity contribution in [1.29, 1.82) is 0 Å². The summed E-state index contributed by atoms with van der Waals surface area (Å²) in [7, 11) is 0. The molecule has 2 N–H and O–H groups in total. The first-order valence-electron chi connectivity index (χ1n) is 7.09. The van der Waals surface area contributed by atoms with Crippen molar-refractivity contribution in [3.63, 3.8) is 0 Å². The average molecular weight is 283 g/mol. The van der Waals surface area contributed by atoms with Crippen LogP contribution in [0.1, 0.15) is 35.3 Å². The van der Waals surface area contributed by atoms with E-state index in [4.69, 9.17) is 0 Å². The first-order chi connectivity index (χ1) is 9.95. The van der Waals surface area contributed by atoms with Gasteiger partial charge < -0.3 is 10.4 Å². The predicted octanol–water partition coefficient (Wildman–Crippen LogP) is 3.54. The van der Waals surface area contributed by atoms with Gasteiger partial charge in [0.05, 0.1) is 12.5 Å². The zero-order valence-corrected chi connectivity index (χ0v) is 12.7. The fraction of sp³-hybridized carbons (Fsp3) is 0.278. The molecular weight excluding hydrogens is 262 g/mol. The van der Waals surface area contributed by atoms with E-state index in [9.17, 15) is 9.90 Å². The van der Waals surface area contributed by atoms with E-state index in [1.807, 2.05) is 43.3 Å². The fourth-order valence-electron chi connectivity index (χ4n) is 2.18. The van der Waals surface area contributed by atoms with Crippen LogP contribution in [0.3, 0.4) is 0 Å². The summed E-state index contributed by atoms with van der Waals surface area (Å²) in [6.07, 6.45) is -0.193. The lowest BCUT2D eigenvalue weighted by molar-refractivity contribution is -0.115. The summed E-state index contributed by atoms with van der Waals surface area (Å²) in [4.78, 5) is 12.1. The molecule has 1 atom stereocenters. The van der Waals surface area contributed by atoms with Crippen LogP contribution >= 0.6 is 0 Å². The van der Waals surface area contributed by atoms with Gasteiger partial charge in [-0.3, -0.25) is 4.79 Å². The number of aliphatic hydroxyl groups is 1. The van der Waals surface area contributed by atoms with Gasteiger partial charge in [-0.05, 0) is 55.2 Å². The molecule has 0 bridgehead atoms. The normalized spacial score (nSPS) is 12.0. The summed E-state index contributed by atoms with van der Waals surface area (Å²) in [5.41, 5.74) is 4.92. The molecule has 0 heterocycles. The third-order valence-electron chi connectivity index (χ3n) is 3.59. The first kappa shape index (κ1) is 15.3. The molecule has 21 heavy (non-hydrogen) atoms. The summed E-state index contributed by atoms with van der Waals surface area (Å²) in [6.45, 7) is 5.81. The molecule has 0 aliphatic heterocycles. The van der Waals surface area contributed by atoms with Crippen LogP contribution in [-0.4, -0.2) is 11.0 Å². The molecule has 3 nitrogen and oxygen atoms in total. The summed E-state index contributed by atoms with van der Waals surface area (Å²) in [6, 6.07) is 13.3. The van der Waals surface area contributed by atoms with E-state index in [0.29, 0.717) is 12.1 Å². The Balaban J connectivity index is 2.04. The Hall–Kier alpha value is -2.13. The van der Waals surface area contributed by atoms with Crippen molar-refractivity contribution in [3.8, 4) is 0 Å². The number of anilines is 1. The number of nitrogens with one attached hydrogen (secondary N) is 1. The van der Waals surface area contributed by atoms with Crippen molar-refractivity contribution in [2.75, 3.05) is 5.32 Å². The van der Waals surface area contributed by atoms with Gasteiger partial charge in [0.1, 0.15) is 0 Å². The van der Waals surface area contributed by atoms with Gasteiger partial charge in [-0.1, -0.05) is 30.3 Å². The molecule has 3 heteroatoms. The third-order valence-corrected chi connectivity index (χ3v) is 3.59. The lowest BCUT2D eigenvalue weighted by Crippen LogP contribution is -2.14. The van der Waals surface area contributed by atoms with Gasteiger partial charge in [-0.2, -0.15) is 0 Å². The Labute approximate surface area is 125 Å². The number of hydrogen-bond acceptors (Lipinski definition) is 2. The minimum atomic E-state index is -0.540. The molecule has 2 rings (SSSR count). The molecule has 0 aliphatic carbocycles. The van der Waals surface area contributed by atoms with Gasteiger partial charge in [0.2, 0.25) is 5.91 Å².